The van der Waals surface area contributed by atoms with E-state index in [4.69, 9.17) is 0 Å². The Kier molecular flexibility index (Phi) is 6.01. The van der Waals surface area contributed by atoms with Crippen molar-refractivity contribution in [2.75, 3.05) is 5.32 Å². The Morgan fingerprint density at radius 2 is 1.46 bits per heavy atom. The Hall–Kier alpha value is -2.43. The highest BCUT2D eigenvalue weighted by molar-refractivity contribution is 5.94. The van der Waals surface area contributed by atoms with Gasteiger partial charge in [-0.3, -0.25) is 4.79 Å². The Morgan fingerprint density at radius 1 is 0.962 bits per heavy atom. The van der Waals surface area contributed by atoms with Crippen molar-refractivity contribution in [2.24, 2.45) is 0 Å². The molecule has 0 aliphatic rings. The average molecular weight is 354 g/mol. The summed E-state index contributed by atoms with van der Waals surface area (Å²) in [6.07, 6.45) is 3.12. The molecule has 0 aliphatic heterocycles. The largest absolute Gasteiger partial charge is 0.347 e. The summed E-state index contributed by atoms with van der Waals surface area (Å²) in [6, 6.07) is 6.35. The van der Waals surface area contributed by atoms with Gasteiger partial charge in [-0.25, -0.2) is 9.97 Å². The molecule has 1 heterocycles. The lowest BCUT2D eigenvalue weighted by Gasteiger charge is -2.21. The van der Waals surface area contributed by atoms with E-state index in [0.29, 0.717) is 23.3 Å². The number of hydrogen-bond acceptors (Lipinski definition) is 4. The third-order valence-corrected chi connectivity index (χ3v) is 4.01. The summed E-state index contributed by atoms with van der Waals surface area (Å²) in [5.74, 6) is 1.09. The topological polar surface area (TPSA) is 66.9 Å². The highest BCUT2D eigenvalue weighted by Crippen LogP contribution is 2.33. The molecular formula is C21H30N4O. The van der Waals surface area contributed by atoms with Crippen molar-refractivity contribution in [2.45, 2.75) is 65.8 Å². The molecule has 1 aromatic carbocycles. The van der Waals surface area contributed by atoms with E-state index in [-0.39, 0.29) is 11.4 Å². The molecule has 2 N–H and O–H groups in total. The minimum Gasteiger partial charge on any atom is -0.347 e. The van der Waals surface area contributed by atoms with E-state index in [1.54, 1.807) is 12.4 Å². The smallest absolute Gasteiger partial charge is 0.254 e. The molecule has 5 nitrogen and oxygen atoms in total. The number of hydrogen-bond donors (Lipinski definition) is 2. The first kappa shape index (κ1) is 19.9. The number of benzene rings is 1. The number of aromatic nitrogens is 2. The predicted molar refractivity (Wildman–Crippen MR) is 107 cm³/mol. The van der Waals surface area contributed by atoms with Gasteiger partial charge in [-0.15, -0.1) is 0 Å². The lowest BCUT2D eigenvalue weighted by molar-refractivity contribution is 0.0919. The van der Waals surface area contributed by atoms with Crippen LogP contribution in [-0.2, 0) is 0 Å². The average Bonchev–Trinajstić information content (AvgIpc) is 2.53. The molecule has 0 fully saturated rings. The van der Waals surface area contributed by atoms with Crippen molar-refractivity contribution in [3.05, 3.63) is 47.3 Å². The standard InChI is InChI=1S/C21H30N4O/c1-13(2)16-9-8-10-17(14(3)4)18(16)24-20-22-11-15(12-23-20)19(26)25-21(5,6)7/h8-14H,1-7H3,(H,25,26)(H,22,23,24). The lowest BCUT2D eigenvalue weighted by atomic mass is 9.93. The summed E-state index contributed by atoms with van der Waals surface area (Å²) in [7, 11) is 0. The maximum atomic E-state index is 12.2. The molecule has 26 heavy (non-hydrogen) atoms. The van der Waals surface area contributed by atoms with Gasteiger partial charge in [-0.05, 0) is 43.7 Å². The Labute approximate surface area is 156 Å². The molecule has 0 atom stereocenters. The minimum absolute atomic E-state index is 0.172. The van der Waals surface area contributed by atoms with Crippen LogP contribution in [0.3, 0.4) is 0 Å². The fourth-order valence-corrected chi connectivity index (χ4v) is 2.73. The summed E-state index contributed by atoms with van der Waals surface area (Å²) in [5, 5.41) is 6.28. The monoisotopic (exact) mass is 354 g/mol. The first-order chi connectivity index (χ1) is 12.1. The van der Waals surface area contributed by atoms with Crippen LogP contribution in [0.1, 0.15) is 81.8 Å². The summed E-state index contributed by atoms with van der Waals surface area (Å²) >= 11 is 0. The van der Waals surface area contributed by atoms with Gasteiger partial charge in [0.25, 0.3) is 5.91 Å². The minimum atomic E-state index is -0.295. The summed E-state index contributed by atoms with van der Waals surface area (Å²) < 4.78 is 0. The third-order valence-electron chi connectivity index (χ3n) is 4.01. The van der Waals surface area contributed by atoms with Gasteiger partial charge in [0.2, 0.25) is 5.95 Å². The zero-order valence-electron chi connectivity index (χ0n) is 16.8. The molecule has 5 heteroatoms. The zero-order chi connectivity index (χ0) is 19.5. The number of amides is 1. The molecule has 0 spiro atoms. The number of nitrogens with zero attached hydrogens (tertiary/aromatic N) is 2. The molecule has 0 unspecified atom stereocenters. The molecule has 2 rings (SSSR count). The van der Waals surface area contributed by atoms with E-state index >= 15 is 0 Å². The van der Waals surface area contributed by atoms with E-state index in [2.05, 4.69) is 66.5 Å². The van der Waals surface area contributed by atoms with E-state index in [1.165, 1.54) is 11.1 Å². The normalized spacial score (nSPS) is 11.7. The van der Waals surface area contributed by atoms with Gasteiger partial charge >= 0.3 is 0 Å². The van der Waals surface area contributed by atoms with Gasteiger partial charge in [-0.2, -0.15) is 0 Å². The SMILES string of the molecule is CC(C)c1cccc(C(C)C)c1Nc1ncc(C(=O)NC(C)(C)C)cn1. The fraction of sp³-hybridized carbons (Fsp3) is 0.476. The number of carbonyl (C=O) groups is 1. The van der Waals surface area contributed by atoms with Gasteiger partial charge in [0, 0.05) is 23.6 Å². The Bertz CT molecular complexity index is 732. The van der Waals surface area contributed by atoms with Gasteiger partial charge in [0.1, 0.15) is 0 Å². The Morgan fingerprint density at radius 3 is 1.88 bits per heavy atom. The molecule has 0 saturated carbocycles. The van der Waals surface area contributed by atoms with Crippen LogP contribution in [0.2, 0.25) is 0 Å². The number of para-hydroxylation sites is 1. The summed E-state index contributed by atoms with van der Waals surface area (Å²) in [5.41, 5.74) is 3.68. The lowest BCUT2D eigenvalue weighted by Crippen LogP contribution is -2.40. The van der Waals surface area contributed by atoms with Crippen LogP contribution < -0.4 is 10.6 Å². The molecule has 140 valence electrons. The van der Waals surface area contributed by atoms with Crippen molar-refractivity contribution >= 4 is 17.5 Å². The fourth-order valence-electron chi connectivity index (χ4n) is 2.73. The second-order valence-corrected chi connectivity index (χ2v) is 8.25. The molecule has 2 aromatic rings. The second kappa shape index (κ2) is 7.85. The van der Waals surface area contributed by atoms with E-state index in [1.807, 2.05) is 20.8 Å². The molecule has 1 amide bonds. The summed E-state index contributed by atoms with van der Waals surface area (Å²) in [4.78, 5) is 20.9. The highest BCUT2D eigenvalue weighted by Gasteiger charge is 2.17. The first-order valence-corrected chi connectivity index (χ1v) is 9.13. The van der Waals surface area contributed by atoms with Crippen LogP contribution in [-0.4, -0.2) is 21.4 Å². The first-order valence-electron chi connectivity index (χ1n) is 9.13. The molecule has 0 aliphatic carbocycles. The molecule has 1 aromatic heterocycles. The molecule has 0 saturated heterocycles. The van der Waals surface area contributed by atoms with Crippen LogP contribution >= 0.6 is 0 Å². The summed E-state index contributed by atoms with van der Waals surface area (Å²) in [6.45, 7) is 14.5. The van der Waals surface area contributed by atoms with Crippen molar-refractivity contribution in [1.82, 2.24) is 15.3 Å². The van der Waals surface area contributed by atoms with Crippen LogP contribution in [0.5, 0.6) is 0 Å². The van der Waals surface area contributed by atoms with Gasteiger partial charge in [-0.1, -0.05) is 45.9 Å². The van der Waals surface area contributed by atoms with Gasteiger partial charge in [0.15, 0.2) is 0 Å². The van der Waals surface area contributed by atoms with Crippen LogP contribution in [0.15, 0.2) is 30.6 Å². The maximum Gasteiger partial charge on any atom is 0.254 e. The quantitative estimate of drug-likeness (QED) is 0.793. The van der Waals surface area contributed by atoms with Crippen molar-refractivity contribution in [1.29, 1.82) is 0 Å². The molecule has 0 radical (unpaired) electrons. The maximum absolute atomic E-state index is 12.2. The number of anilines is 2. The van der Waals surface area contributed by atoms with E-state index in [9.17, 15) is 4.79 Å². The van der Waals surface area contributed by atoms with E-state index < -0.39 is 0 Å². The van der Waals surface area contributed by atoms with Crippen LogP contribution in [0.4, 0.5) is 11.6 Å². The zero-order valence-corrected chi connectivity index (χ0v) is 16.8. The van der Waals surface area contributed by atoms with Crippen molar-refractivity contribution < 1.29 is 4.79 Å². The van der Waals surface area contributed by atoms with Crippen LogP contribution in [0.25, 0.3) is 0 Å². The second-order valence-electron chi connectivity index (χ2n) is 8.25. The highest BCUT2D eigenvalue weighted by atomic mass is 16.1. The Balaban J connectivity index is 2.28. The van der Waals surface area contributed by atoms with Crippen LogP contribution in [0, 0.1) is 0 Å². The number of nitrogens with one attached hydrogen (secondary N) is 2. The van der Waals surface area contributed by atoms with Crippen molar-refractivity contribution in [3.8, 4) is 0 Å². The van der Waals surface area contributed by atoms with Gasteiger partial charge in [0.05, 0.1) is 5.56 Å². The predicted octanol–water partition coefficient (Wildman–Crippen LogP) is 5.00. The van der Waals surface area contributed by atoms with Crippen molar-refractivity contribution in [3.63, 3.8) is 0 Å². The number of carbonyl (C=O) groups excluding carboxylic acids is 1. The third kappa shape index (κ3) is 5.04. The molecular weight excluding hydrogens is 324 g/mol. The molecule has 0 bridgehead atoms. The van der Waals surface area contributed by atoms with Gasteiger partial charge < -0.3 is 10.6 Å². The van der Waals surface area contributed by atoms with E-state index in [0.717, 1.165) is 5.69 Å². The number of rotatable bonds is 5.